The van der Waals surface area contributed by atoms with Crippen LogP contribution in [0.25, 0.3) is 10.2 Å². The zero-order valence-corrected chi connectivity index (χ0v) is 19.5. The second-order valence-corrected chi connectivity index (χ2v) is 9.28. The molecule has 1 aliphatic heterocycles. The molecule has 1 aliphatic rings. The first kappa shape index (κ1) is 22.3. The van der Waals surface area contributed by atoms with Gasteiger partial charge in [0.05, 0.1) is 33.3 Å². The van der Waals surface area contributed by atoms with Crippen LogP contribution in [0.5, 0.6) is 0 Å². The molecule has 1 saturated heterocycles. The molecule has 1 amide bonds. The van der Waals surface area contributed by atoms with Crippen LogP contribution in [0.1, 0.15) is 24.2 Å². The van der Waals surface area contributed by atoms with Crippen molar-refractivity contribution >= 4 is 66.6 Å². The Balaban J connectivity index is 1.57. The van der Waals surface area contributed by atoms with Crippen molar-refractivity contribution in [1.82, 2.24) is 15.1 Å². The first-order valence-corrected chi connectivity index (χ1v) is 11.1. The maximum Gasteiger partial charge on any atom is 0.277 e. The van der Waals surface area contributed by atoms with Gasteiger partial charge in [-0.05, 0) is 49.6 Å². The summed E-state index contributed by atoms with van der Waals surface area (Å²) in [6, 6.07) is 6.55. The smallest absolute Gasteiger partial charge is 0.277 e. The van der Waals surface area contributed by atoms with Crippen LogP contribution >= 0.6 is 39.1 Å². The second-order valence-electron chi connectivity index (χ2n) is 7.17. The Morgan fingerprint density at radius 2 is 2.26 bits per heavy atom. The highest BCUT2D eigenvalue weighted by atomic mass is 79.9. The summed E-state index contributed by atoms with van der Waals surface area (Å²) in [7, 11) is 0. The van der Waals surface area contributed by atoms with Gasteiger partial charge in [-0.15, -0.1) is 5.10 Å². The number of nitrogens with zero attached hydrogens (tertiary/aromatic N) is 2. The van der Waals surface area contributed by atoms with Crippen LogP contribution in [0.15, 0.2) is 28.7 Å². The molecule has 12 heteroatoms. The maximum absolute atomic E-state index is 15.2. The average molecular weight is 532 g/mol. The van der Waals surface area contributed by atoms with Gasteiger partial charge >= 0.3 is 0 Å². The van der Waals surface area contributed by atoms with Gasteiger partial charge in [-0.2, -0.15) is 0 Å². The molecular weight excluding hydrogens is 515 g/mol. The molecule has 1 unspecified atom stereocenters. The summed E-state index contributed by atoms with van der Waals surface area (Å²) in [5, 5.41) is 7.04. The van der Waals surface area contributed by atoms with E-state index in [1.807, 2.05) is 0 Å². The largest absolute Gasteiger partial charge is 0.351 e. The van der Waals surface area contributed by atoms with Crippen molar-refractivity contribution < 1.29 is 23.5 Å². The van der Waals surface area contributed by atoms with Crippen molar-refractivity contribution in [3.63, 3.8) is 0 Å². The van der Waals surface area contributed by atoms with Gasteiger partial charge in [0.1, 0.15) is 18.2 Å². The average Bonchev–Trinajstić information content (AvgIpc) is 3.31. The Labute approximate surface area is 194 Å². The number of hydroxylamine groups is 1. The maximum atomic E-state index is 15.2. The molecule has 3 aromatic rings. The molecule has 2 aromatic carbocycles. The van der Waals surface area contributed by atoms with Crippen LogP contribution < -0.4 is 10.8 Å². The van der Waals surface area contributed by atoms with Gasteiger partial charge < -0.3 is 14.8 Å². The van der Waals surface area contributed by atoms with E-state index < -0.39 is 17.5 Å². The molecule has 4 rings (SSSR count). The Morgan fingerprint density at radius 1 is 1.45 bits per heavy atom. The number of benzene rings is 2. The van der Waals surface area contributed by atoms with Crippen molar-refractivity contribution in [3.05, 3.63) is 45.1 Å². The third kappa shape index (κ3) is 4.97. The second kappa shape index (κ2) is 8.93. The van der Waals surface area contributed by atoms with Crippen LogP contribution in [0, 0.1) is 5.82 Å². The van der Waals surface area contributed by atoms with Crippen LogP contribution in [-0.2, 0) is 14.3 Å². The third-order valence-corrected chi connectivity index (χ3v) is 5.90. The topological polar surface area (TPSA) is 94.6 Å². The number of carbonyl (C=O) groups excluding carboxylic acids is 1. The number of amides is 1. The van der Waals surface area contributed by atoms with Crippen LogP contribution in [0.3, 0.4) is 0 Å². The fourth-order valence-electron chi connectivity index (χ4n) is 3.01. The van der Waals surface area contributed by atoms with Crippen molar-refractivity contribution in [2.24, 2.45) is 0 Å². The molecule has 0 bridgehead atoms. The normalized spacial score (nSPS) is 17.8. The number of hydrogen-bond acceptors (Lipinski definition) is 8. The predicted octanol–water partition coefficient (Wildman–Crippen LogP) is 4.80. The standard InChI is InChI=1S/C19H17BrClFN4O4S/c1-19(2)28-7-10(30-19)8-29-25-18(27)11-6-14-17(24-26-31-14)15(22)16(11)23-13-4-3-9(20)5-12(13)21/h3-6,10,23H,7-8H2,1-2H3,(H,25,27). The third-order valence-electron chi connectivity index (χ3n) is 4.42. The Kier molecular flexibility index (Phi) is 6.42. The number of carbonyl (C=O) groups is 1. The Bertz CT molecular complexity index is 1150. The predicted molar refractivity (Wildman–Crippen MR) is 118 cm³/mol. The fraction of sp³-hybridized carbons (Fsp3) is 0.316. The molecule has 0 aliphatic carbocycles. The first-order valence-electron chi connectivity index (χ1n) is 9.14. The minimum atomic E-state index is -0.718. The van der Waals surface area contributed by atoms with Gasteiger partial charge in [0.25, 0.3) is 5.91 Å². The van der Waals surface area contributed by atoms with Crippen molar-refractivity contribution in [2.75, 3.05) is 18.5 Å². The summed E-state index contributed by atoms with van der Waals surface area (Å²) >= 11 is 10.5. The quantitative estimate of drug-likeness (QED) is 0.441. The number of fused-ring (bicyclic) bond motifs is 1. The molecule has 1 aromatic heterocycles. The molecule has 8 nitrogen and oxygen atoms in total. The molecule has 1 atom stereocenters. The molecule has 0 radical (unpaired) electrons. The molecule has 0 saturated carbocycles. The van der Waals surface area contributed by atoms with Crippen LogP contribution in [-0.4, -0.2) is 40.6 Å². The summed E-state index contributed by atoms with van der Waals surface area (Å²) in [5.74, 6) is -2.07. The van der Waals surface area contributed by atoms with Gasteiger partial charge in [0.15, 0.2) is 11.6 Å². The number of nitrogens with one attached hydrogen (secondary N) is 2. The highest BCUT2D eigenvalue weighted by molar-refractivity contribution is 9.10. The van der Waals surface area contributed by atoms with Gasteiger partial charge in [0, 0.05) is 4.47 Å². The van der Waals surface area contributed by atoms with E-state index in [-0.39, 0.29) is 29.5 Å². The zero-order valence-electron chi connectivity index (χ0n) is 16.4. The van der Waals surface area contributed by atoms with E-state index in [4.69, 9.17) is 25.9 Å². The van der Waals surface area contributed by atoms with E-state index in [0.29, 0.717) is 22.0 Å². The summed E-state index contributed by atoms with van der Waals surface area (Å²) in [6.07, 6.45) is -0.334. The molecular formula is C19H17BrClFN4O4S. The Morgan fingerprint density at radius 3 is 2.97 bits per heavy atom. The lowest BCUT2D eigenvalue weighted by molar-refractivity contribution is -0.147. The molecule has 0 spiro atoms. The molecule has 31 heavy (non-hydrogen) atoms. The number of rotatable bonds is 6. The minimum absolute atomic E-state index is 0.0129. The van der Waals surface area contributed by atoms with Gasteiger partial charge in [0.2, 0.25) is 0 Å². The Hall–Kier alpha value is -1.89. The van der Waals surface area contributed by atoms with Crippen LogP contribution in [0.4, 0.5) is 15.8 Å². The SMILES string of the molecule is CC1(C)OCC(CONC(=O)c2cc3snnc3c(F)c2Nc2ccc(Br)cc2Cl)O1. The van der Waals surface area contributed by atoms with E-state index in [1.165, 1.54) is 6.07 Å². The van der Waals surface area contributed by atoms with Crippen molar-refractivity contribution in [2.45, 2.75) is 25.7 Å². The van der Waals surface area contributed by atoms with Crippen molar-refractivity contribution in [1.29, 1.82) is 0 Å². The fourth-order valence-corrected chi connectivity index (χ4v) is 4.33. The highest BCUT2D eigenvalue weighted by Gasteiger charge is 2.33. The summed E-state index contributed by atoms with van der Waals surface area (Å²) in [5.41, 5.74) is 2.72. The van der Waals surface area contributed by atoms with Crippen LogP contribution in [0.2, 0.25) is 5.02 Å². The van der Waals surface area contributed by atoms with Gasteiger partial charge in [-0.3, -0.25) is 9.63 Å². The lowest BCUT2D eigenvalue weighted by atomic mass is 10.1. The van der Waals surface area contributed by atoms with E-state index in [1.54, 1.807) is 32.0 Å². The highest BCUT2D eigenvalue weighted by Crippen LogP contribution is 2.35. The molecule has 2 heterocycles. The van der Waals surface area contributed by atoms with E-state index in [2.05, 4.69) is 36.3 Å². The summed E-state index contributed by atoms with van der Waals surface area (Å²) in [6.45, 7) is 3.99. The minimum Gasteiger partial charge on any atom is -0.351 e. The van der Waals surface area contributed by atoms with Gasteiger partial charge in [-0.1, -0.05) is 32.0 Å². The summed E-state index contributed by atoms with van der Waals surface area (Å²) < 4.78 is 31.2. The number of ether oxygens (including phenoxy) is 2. The van der Waals surface area contributed by atoms with E-state index in [9.17, 15) is 4.79 Å². The first-order chi connectivity index (χ1) is 14.7. The van der Waals surface area contributed by atoms with Gasteiger partial charge in [-0.25, -0.2) is 9.87 Å². The number of hydrogen-bond donors (Lipinski definition) is 2. The van der Waals surface area contributed by atoms with E-state index >= 15 is 4.39 Å². The number of aromatic nitrogens is 2. The van der Waals surface area contributed by atoms with Crippen molar-refractivity contribution in [3.8, 4) is 0 Å². The zero-order chi connectivity index (χ0) is 22.2. The molecule has 2 N–H and O–H groups in total. The lowest BCUT2D eigenvalue weighted by Gasteiger charge is -2.17. The number of halogens is 3. The summed E-state index contributed by atoms with van der Waals surface area (Å²) in [4.78, 5) is 18.1. The lowest BCUT2D eigenvalue weighted by Crippen LogP contribution is -2.31. The molecule has 164 valence electrons. The monoisotopic (exact) mass is 530 g/mol. The van der Waals surface area contributed by atoms with E-state index in [0.717, 1.165) is 16.0 Å². The number of anilines is 2. The molecule has 1 fully saturated rings.